The Morgan fingerprint density at radius 2 is 1.94 bits per heavy atom. The first kappa shape index (κ1) is 13.1. The number of aromatic nitrogens is 1. The molecule has 2 aromatic rings. The molecular formula is C15H16BrNO. The Morgan fingerprint density at radius 1 is 1.22 bits per heavy atom. The molecule has 0 atom stereocenters. The molecule has 1 aromatic carbocycles. The molecule has 1 heterocycles. The molecule has 0 aliphatic carbocycles. The van der Waals surface area contributed by atoms with Gasteiger partial charge in [0.2, 0.25) is 0 Å². The van der Waals surface area contributed by atoms with Gasteiger partial charge in [-0.15, -0.1) is 0 Å². The van der Waals surface area contributed by atoms with Crippen LogP contribution in [0.3, 0.4) is 0 Å². The van der Waals surface area contributed by atoms with Crippen molar-refractivity contribution in [1.82, 2.24) is 4.98 Å². The van der Waals surface area contributed by atoms with Crippen LogP contribution in [0.1, 0.15) is 23.6 Å². The van der Waals surface area contributed by atoms with Gasteiger partial charge < -0.3 is 4.74 Å². The van der Waals surface area contributed by atoms with E-state index in [9.17, 15) is 0 Å². The average Bonchev–Trinajstić information content (AvgIpc) is 2.41. The lowest BCUT2D eigenvalue weighted by molar-refractivity contribution is 0.301. The van der Waals surface area contributed by atoms with Gasteiger partial charge in [0.15, 0.2) is 0 Å². The molecule has 0 radical (unpaired) electrons. The van der Waals surface area contributed by atoms with Crippen molar-refractivity contribution in [1.29, 1.82) is 0 Å². The Kier molecular flexibility index (Phi) is 4.37. The fourth-order valence-electron chi connectivity index (χ4n) is 1.90. The van der Waals surface area contributed by atoms with E-state index in [2.05, 4.69) is 46.9 Å². The van der Waals surface area contributed by atoms with Crippen LogP contribution in [0.15, 0.2) is 41.1 Å². The van der Waals surface area contributed by atoms with Crippen LogP contribution < -0.4 is 4.74 Å². The first-order valence-corrected chi connectivity index (χ1v) is 6.82. The van der Waals surface area contributed by atoms with E-state index < -0.39 is 0 Å². The van der Waals surface area contributed by atoms with E-state index in [1.807, 2.05) is 18.2 Å². The van der Waals surface area contributed by atoms with E-state index in [-0.39, 0.29) is 0 Å². The Balaban J connectivity index is 2.17. The van der Waals surface area contributed by atoms with Crippen LogP contribution in [-0.4, -0.2) is 4.98 Å². The van der Waals surface area contributed by atoms with Crippen LogP contribution in [0.25, 0.3) is 0 Å². The lowest BCUT2D eigenvalue weighted by Gasteiger charge is -2.13. The second kappa shape index (κ2) is 6.01. The molecule has 0 spiro atoms. The van der Waals surface area contributed by atoms with Crippen molar-refractivity contribution in [2.45, 2.75) is 26.9 Å². The molecular weight excluding hydrogens is 290 g/mol. The van der Waals surface area contributed by atoms with E-state index in [0.29, 0.717) is 6.61 Å². The lowest BCUT2D eigenvalue weighted by Crippen LogP contribution is -2.01. The maximum absolute atomic E-state index is 5.87. The summed E-state index contributed by atoms with van der Waals surface area (Å²) in [4.78, 5) is 4.29. The maximum Gasteiger partial charge on any atom is 0.141 e. The van der Waals surface area contributed by atoms with Gasteiger partial charge in [-0.25, -0.2) is 4.98 Å². The Bertz CT molecular complexity index is 526. The van der Waals surface area contributed by atoms with E-state index >= 15 is 0 Å². The number of pyridine rings is 1. The van der Waals surface area contributed by atoms with Crippen molar-refractivity contribution in [2.75, 3.05) is 0 Å². The smallest absolute Gasteiger partial charge is 0.141 e. The molecule has 0 saturated heterocycles. The van der Waals surface area contributed by atoms with Crippen LogP contribution in [0, 0.1) is 6.92 Å². The molecule has 0 N–H and O–H groups in total. The lowest BCUT2D eigenvalue weighted by atomic mass is 10.1. The summed E-state index contributed by atoms with van der Waals surface area (Å²) in [5.74, 6) is 0.877. The van der Waals surface area contributed by atoms with Crippen LogP contribution in [0.4, 0.5) is 0 Å². The van der Waals surface area contributed by atoms with Gasteiger partial charge in [-0.05, 0) is 40.4 Å². The first-order valence-electron chi connectivity index (χ1n) is 6.03. The van der Waals surface area contributed by atoms with E-state index in [4.69, 9.17) is 4.74 Å². The predicted molar refractivity (Wildman–Crippen MR) is 76.8 cm³/mol. The molecule has 2 rings (SSSR count). The summed E-state index contributed by atoms with van der Waals surface area (Å²) in [5.41, 5.74) is 3.54. The maximum atomic E-state index is 5.87. The summed E-state index contributed by atoms with van der Waals surface area (Å²) < 4.78 is 6.76. The monoisotopic (exact) mass is 305 g/mol. The summed E-state index contributed by atoms with van der Waals surface area (Å²) in [6.07, 6.45) is 2.73. The largest absolute Gasteiger partial charge is 0.487 e. The number of nitrogens with zero attached hydrogens (tertiary/aromatic N) is 1. The van der Waals surface area contributed by atoms with Gasteiger partial charge in [0.25, 0.3) is 0 Å². The summed E-state index contributed by atoms with van der Waals surface area (Å²) in [5, 5.41) is 0. The SMILES string of the molecule is CCc1c(OCc2ccccc2)cnc(Br)c1C. The number of halogens is 1. The van der Waals surface area contributed by atoms with Gasteiger partial charge in [-0.1, -0.05) is 37.3 Å². The Labute approximate surface area is 116 Å². The zero-order valence-electron chi connectivity index (χ0n) is 10.6. The van der Waals surface area contributed by atoms with Crippen LogP contribution in [0.2, 0.25) is 0 Å². The minimum atomic E-state index is 0.580. The summed E-state index contributed by atoms with van der Waals surface area (Å²) in [6, 6.07) is 10.2. The number of ether oxygens (including phenoxy) is 1. The topological polar surface area (TPSA) is 22.1 Å². The van der Waals surface area contributed by atoms with Crippen molar-refractivity contribution < 1.29 is 4.74 Å². The third kappa shape index (κ3) is 2.91. The van der Waals surface area contributed by atoms with Gasteiger partial charge in [0, 0.05) is 5.56 Å². The van der Waals surface area contributed by atoms with E-state index in [1.165, 1.54) is 11.1 Å². The number of hydrogen-bond donors (Lipinski definition) is 0. The highest BCUT2D eigenvalue weighted by atomic mass is 79.9. The van der Waals surface area contributed by atoms with Gasteiger partial charge in [-0.3, -0.25) is 0 Å². The van der Waals surface area contributed by atoms with E-state index in [0.717, 1.165) is 22.3 Å². The molecule has 18 heavy (non-hydrogen) atoms. The fraction of sp³-hybridized carbons (Fsp3) is 0.267. The van der Waals surface area contributed by atoms with Crippen LogP contribution >= 0.6 is 15.9 Å². The quantitative estimate of drug-likeness (QED) is 0.786. The average molecular weight is 306 g/mol. The molecule has 0 aliphatic rings. The molecule has 0 unspecified atom stereocenters. The molecule has 3 heteroatoms. The van der Waals surface area contributed by atoms with Crippen molar-refractivity contribution in [3.8, 4) is 5.75 Å². The first-order chi connectivity index (χ1) is 8.72. The number of hydrogen-bond acceptors (Lipinski definition) is 2. The molecule has 1 aromatic heterocycles. The molecule has 0 saturated carbocycles. The molecule has 0 aliphatic heterocycles. The third-order valence-corrected chi connectivity index (χ3v) is 3.74. The fourth-order valence-corrected chi connectivity index (χ4v) is 2.24. The molecule has 0 amide bonds. The standard InChI is InChI=1S/C15H16BrNO/c1-3-13-11(2)15(16)17-9-14(13)18-10-12-7-5-4-6-8-12/h4-9H,3,10H2,1-2H3. The zero-order valence-corrected chi connectivity index (χ0v) is 12.2. The van der Waals surface area contributed by atoms with Crippen molar-refractivity contribution in [3.63, 3.8) is 0 Å². The van der Waals surface area contributed by atoms with Gasteiger partial charge in [0.1, 0.15) is 17.0 Å². The summed E-state index contributed by atoms with van der Waals surface area (Å²) in [6.45, 7) is 4.77. The van der Waals surface area contributed by atoms with Crippen molar-refractivity contribution >= 4 is 15.9 Å². The molecule has 2 nitrogen and oxygen atoms in total. The highest BCUT2D eigenvalue weighted by Gasteiger charge is 2.09. The Hall–Kier alpha value is -1.35. The number of rotatable bonds is 4. The van der Waals surface area contributed by atoms with Crippen LogP contribution in [0.5, 0.6) is 5.75 Å². The molecule has 0 fully saturated rings. The Morgan fingerprint density at radius 3 is 2.61 bits per heavy atom. The highest BCUT2D eigenvalue weighted by molar-refractivity contribution is 9.10. The van der Waals surface area contributed by atoms with E-state index in [1.54, 1.807) is 6.20 Å². The van der Waals surface area contributed by atoms with Crippen LogP contribution in [-0.2, 0) is 13.0 Å². The van der Waals surface area contributed by atoms with Gasteiger partial charge in [-0.2, -0.15) is 0 Å². The zero-order chi connectivity index (χ0) is 13.0. The normalized spacial score (nSPS) is 10.4. The van der Waals surface area contributed by atoms with Crippen molar-refractivity contribution in [2.24, 2.45) is 0 Å². The second-order valence-corrected chi connectivity index (χ2v) is 4.90. The van der Waals surface area contributed by atoms with Gasteiger partial charge >= 0.3 is 0 Å². The minimum absolute atomic E-state index is 0.580. The second-order valence-electron chi connectivity index (χ2n) is 4.14. The highest BCUT2D eigenvalue weighted by Crippen LogP contribution is 2.27. The molecule has 94 valence electrons. The third-order valence-electron chi connectivity index (χ3n) is 2.95. The summed E-state index contributed by atoms with van der Waals surface area (Å²) >= 11 is 3.45. The number of benzene rings is 1. The predicted octanol–water partition coefficient (Wildman–Crippen LogP) is 4.29. The van der Waals surface area contributed by atoms with Gasteiger partial charge in [0.05, 0.1) is 6.20 Å². The minimum Gasteiger partial charge on any atom is -0.487 e. The molecule has 0 bridgehead atoms. The van der Waals surface area contributed by atoms with Crippen molar-refractivity contribution in [3.05, 3.63) is 57.8 Å². The summed E-state index contributed by atoms with van der Waals surface area (Å²) in [7, 11) is 0.